The largest absolute Gasteiger partial charge is 0.329 e. The molecular formula is C8H8N2OS. The molecule has 0 unspecified atom stereocenters. The number of nitriles is 1. The Morgan fingerprint density at radius 2 is 2.42 bits per heavy atom. The Kier molecular flexibility index (Phi) is 2.46. The van der Waals surface area contributed by atoms with Crippen LogP contribution in [0.1, 0.15) is 5.56 Å². The lowest BCUT2D eigenvalue weighted by Crippen LogP contribution is -2.23. The van der Waals surface area contributed by atoms with E-state index in [4.69, 9.17) is 5.26 Å². The molecule has 0 N–H and O–H groups in total. The summed E-state index contributed by atoms with van der Waals surface area (Å²) in [6.07, 6.45) is 0. The number of thiophene rings is 1. The molecule has 1 aromatic heterocycles. The fraction of sp³-hybridized carbons (Fsp3) is 0.250. The molecule has 0 atom stereocenters. The van der Waals surface area contributed by atoms with Crippen LogP contribution in [0.25, 0.3) is 0 Å². The summed E-state index contributed by atoms with van der Waals surface area (Å²) in [6.45, 7) is 1.91. The maximum atomic E-state index is 10.9. The number of carbonyl (C=O) groups is 1. The van der Waals surface area contributed by atoms with Crippen molar-refractivity contribution >= 4 is 22.2 Å². The molecule has 0 fully saturated rings. The quantitative estimate of drug-likeness (QED) is 0.615. The van der Waals surface area contributed by atoms with Gasteiger partial charge in [0.2, 0.25) is 0 Å². The summed E-state index contributed by atoms with van der Waals surface area (Å²) in [5, 5.41) is 11.1. The molecule has 0 saturated heterocycles. The third-order valence-electron chi connectivity index (χ3n) is 1.54. The first kappa shape index (κ1) is 8.75. The van der Waals surface area contributed by atoms with E-state index in [9.17, 15) is 4.79 Å². The summed E-state index contributed by atoms with van der Waals surface area (Å²) >= 11 is 1.46. The van der Waals surface area contributed by atoms with Crippen LogP contribution in [0.3, 0.4) is 0 Å². The Morgan fingerprint density at radius 3 is 2.83 bits per heavy atom. The summed E-state index contributed by atoms with van der Waals surface area (Å²) in [5.74, 6) is -0.527. The highest BCUT2D eigenvalue weighted by Gasteiger charge is 2.12. The summed E-state index contributed by atoms with van der Waals surface area (Å²) < 4.78 is 0. The van der Waals surface area contributed by atoms with Crippen molar-refractivity contribution in [3.63, 3.8) is 0 Å². The molecule has 0 bridgehead atoms. The molecule has 0 aliphatic rings. The smallest absolute Gasteiger partial charge is 0.294 e. The van der Waals surface area contributed by atoms with Gasteiger partial charge in [0.15, 0.2) is 6.07 Å². The van der Waals surface area contributed by atoms with Crippen LogP contribution in [0.15, 0.2) is 11.4 Å². The van der Waals surface area contributed by atoms with Crippen molar-refractivity contribution in [1.82, 2.24) is 0 Å². The fourth-order valence-electron chi connectivity index (χ4n) is 0.876. The minimum atomic E-state index is -0.527. The number of rotatable bonds is 1. The van der Waals surface area contributed by atoms with Crippen molar-refractivity contribution in [2.24, 2.45) is 0 Å². The fourth-order valence-corrected chi connectivity index (χ4v) is 1.77. The van der Waals surface area contributed by atoms with Gasteiger partial charge in [-0.1, -0.05) is 0 Å². The molecule has 62 valence electrons. The monoisotopic (exact) mass is 180 g/mol. The lowest BCUT2D eigenvalue weighted by atomic mass is 10.3. The standard InChI is InChI=1S/C8H8N2OS/c1-6-3-4-12-8(6)10(2)7(11)5-9/h3-4H,1-2H3. The third kappa shape index (κ3) is 1.46. The summed E-state index contributed by atoms with van der Waals surface area (Å²) in [6, 6.07) is 3.49. The van der Waals surface area contributed by atoms with E-state index in [-0.39, 0.29) is 0 Å². The number of carbonyl (C=O) groups excluding carboxylic acids is 1. The molecule has 3 nitrogen and oxygen atoms in total. The summed E-state index contributed by atoms with van der Waals surface area (Å²) in [7, 11) is 1.60. The lowest BCUT2D eigenvalue weighted by Gasteiger charge is -2.10. The number of amides is 1. The van der Waals surface area contributed by atoms with Gasteiger partial charge in [-0.3, -0.25) is 9.69 Å². The first-order chi connectivity index (χ1) is 5.66. The molecule has 1 aromatic rings. The molecule has 0 aliphatic carbocycles. The van der Waals surface area contributed by atoms with Crippen LogP contribution in [0.2, 0.25) is 0 Å². The Bertz CT molecular complexity index is 337. The molecule has 1 heterocycles. The number of nitrogens with zero attached hydrogens (tertiary/aromatic N) is 2. The Hall–Kier alpha value is -1.34. The number of hydrogen-bond acceptors (Lipinski definition) is 3. The zero-order valence-corrected chi connectivity index (χ0v) is 7.68. The van der Waals surface area contributed by atoms with Crippen LogP contribution in [-0.2, 0) is 4.79 Å². The maximum absolute atomic E-state index is 10.9. The van der Waals surface area contributed by atoms with Crippen LogP contribution < -0.4 is 4.90 Å². The van der Waals surface area contributed by atoms with Crippen LogP contribution in [0.5, 0.6) is 0 Å². The van der Waals surface area contributed by atoms with E-state index in [1.54, 1.807) is 13.1 Å². The average Bonchev–Trinajstić information content (AvgIpc) is 2.48. The number of aryl methyl sites for hydroxylation is 1. The van der Waals surface area contributed by atoms with Crippen LogP contribution in [0.4, 0.5) is 5.00 Å². The van der Waals surface area contributed by atoms with E-state index in [2.05, 4.69) is 0 Å². The van der Waals surface area contributed by atoms with Gasteiger partial charge in [-0.05, 0) is 23.9 Å². The van der Waals surface area contributed by atoms with Crippen molar-refractivity contribution in [3.05, 3.63) is 17.0 Å². The van der Waals surface area contributed by atoms with Gasteiger partial charge in [-0.15, -0.1) is 11.3 Å². The lowest BCUT2D eigenvalue weighted by molar-refractivity contribution is -0.113. The zero-order chi connectivity index (χ0) is 9.14. The van der Waals surface area contributed by atoms with E-state index >= 15 is 0 Å². The normalized spacial score (nSPS) is 9.08. The van der Waals surface area contributed by atoms with E-state index in [0.717, 1.165) is 10.6 Å². The van der Waals surface area contributed by atoms with E-state index in [1.807, 2.05) is 18.4 Å². The highest BCUT2D eigenvalue weighted by Crippen LogP contribution is 2.25. The molecule has 0 spiro atoms. The molecule has 4 heteroatoms. The highest BCUT2D eigenvalue weighted by molar-refractivity contribution is 7.14. The SMILES string of the molecule is Cc1ccsc1N(C)C(=O)C#N. The Morgan fingerprint density at radius 1 is 1.75 bits per heavy atom. The van der Waals surface area contributed by atoms with Crippen molar-refractivity contribution < 1.29 is 4.79 Å². The van der Waals surface area contributed by atoms with Gasteiger partial charge in [0.1, 0.15) is 5.00 Å². The third-order valence-corrected chi connectivity index (χ3v) is 2.63. The van der Waals surface area contributed by atoms with Crippen LogP contribution in [0, 0.1) is 18.3 Å². The van der Waals surface area contributed by atoms with Gasteiger partial charge in [0, 0.05) is 7.05 Å². The minimum absolute atomic E-state index is 0.527. The molecule has 0 saturated carbocycles. The molecule has 12 heavy (non-hydrogen) atoms. The maximum Gasteiger partial charge on any atom is 0.329 e. The highest BCUT2D eigenvalue weighted by atomic mass is 32.1. The van der Waals surface area contributed by atoms with Gasteiger partial charge >= 0.3 is 5.91 Å². The van der Waals surface area contributed by atoms with Crippen molar-refractivity contribution in [2.45, 2.75) is 6.92 Å². The van der Waals surface area contributed by atoms with E-state index < -0.39 is 5.91 Å². The van der Waals surface area contributed by atoms with Gasteiger partial charge in [0.05, 0.1) is 0 Å². The van der Waals surface area contributed by atoms with Crippen molar-refractivity contribution in [2.75, 3.05) is 11.9 Å². The Balaban J connectivity index is 2.94. The molecule has 1 amide bonds. The molecule has 0 radical (unpaired) electrons. The zero-order valence-electron chi connectivity index (χ0n) is 6.87. The Labute approximate surface area is 74.8 Å². The first-order valence-electron chi connectivity index (χ1n) is 3.38. The van der Waals surface area contributed by atoms with Crippen molar-refractivity contribution in [3.8, 4) is 6.07 Å². The number of anilines is 1. The molecular weight excluding hydrogens is 172 g/mol. The molecule has 0 aliphatic heterocycles. The van der Waals surface area contributed by atoms with Gasteiger partial charge in [0.25, 0.3) is 0 Å². The topological polar surface area (TPSA) is 44.1 Å². The molecule has 1 rings (SSSR count). The van der Waals surface area contributed by atoms with Crippen molar-refractivity contribution in [1.29, 1.82) is 5.26 Å². The minimum Gasteiger partial charge on any atom is -0.294 e. The van der Waals surface area contributed by atoms with E-state index in [1.165, 1.54) is 16.2 Å². The summed E-state index contributed by atoms with van der Waals surface area (Å²) in [5.41, 5.74) is 1.02. The predicted octanol–water partition coefficient (Wildman–Crippen LogP) is 1.54. The second-order valence-corrected chi connectivity index (χ2v) is 3.28. The van der Waals surface area contributed by atoms with Gasteiger partial charge in [-0.25, -0.2) is 0 Å². The number of hydrogen-bond donors (Lipinski definition) is 0. The average molecular weight is 180 g/mol. The second kappa shape index (κ2) is 3.37. The van der Waals surface area contributed by atoms with E-state index in [0.29, 0.717) is 0 Å². The second-order valence-electron chi connectivity index (χ2n) is 2.38. The van der Waals surface area contributed by atoms with Crippen LogP contribution in [-0.4, -0.2) is 13.0 Å². The molecule has 0 aromatic carbocycles. The van der Waals surface area contributed by atoms with Gasteiger partial charge in [-0.2, -0.15) is 5.26 Å². The predicted molar refractivity (Wildman–Crippen MR) is 48.1 cm³/mol. The first-order valence-corrected chi connectivity index (χ1v) is 4.26. The van der Waals surface area contributed by atoms with Gasteiger partial charge < -0.3 is 0 Å². The summed E-state index contributed by atoms with van der Waals surface area (Å²) in [4.78, 5) is 12.3. The van der Waals surface area contributed by atoms with Crippen LogP contribution >= 0.6 is 11.3 Å².